The highest BCUT2D eigenvalue weighted by atomic mass is 35.5. The van der Waals surface area contributed by atoms with Crippen LogP contribution in [0.15, 0.2) is 42.5 Å². The number of rotatable bonds is 5. The maximum Gasteiger partial charge on any atom is 0.225 e. The quantitative estimate of drug-likeness (QED) is 0.399. The number of anilines is 1. The van der Waals surface area contributed by atoms with E-state index in [4.69, 9.17) is 21.7 Å². The molecule has 9 heteroatoms. The van der Waals surface area contributed by atoms with E-state index in [0.29, 0.717) is 17.1 Å². The first-order chi connectivity index (χ1) is 16.4. The number of hydrogen-bond donors (Lipinski definition) is 1. The molecule has 0 bridgehead atoms. The smallest absolute Gasteiger partial charge is 0.225 e. The zero-order valence-corrected chi connectivity index (χ0v) is 20.6. The van der Waals surface area contributed by atoms with Gasteiger partial charge in [0.15, 0.2) is 10.8 Å². The highest BCUT2D eigenvalue weighted by Crippen LogP contribution is 2.34. The normalized spacial score (nSPS) is 16.2. The molecule has 1 aliphatic rings. The number of thiazole rings is 1. The van der Waals surface area contributed by atoms with Gasteiger partial charge in [-0.3, -0.25) is 4.79 Å². The standard InChI is InChI=1S/C25H25ClFN5OS/c1-15-5-9-20(10-6-15)32-23-22(16(2)30-32)34-25(29-23)31-11-3-4-18(14-31)24(33)28-13-17-7-8-19(27)12-21(17)26/h5-10,12,18H,3-4,11,13-14H2,1-2H3,(H,28,33)/t18-/m1/s1. The number of fused-ring (bicyclic) bond motifs is 1. The van der Waals surface area contributed by atoms with Crippen molar-refractivity contribution >= 4 is 44.3 Å². The Morgan fingerprint density at radius 3 is 2.79 bits per heavy atom. The number of nitrogens with one attached hydrogen (secondary N) is 1. The lowest BCUT2D eigenvalue weighted by Gasteiger charge is -2.31. The summed E-state index contributed by atoms with van der Waals surface area (Å²) in [5, 5.41) is 8.89. The molecule has 1 fully saturated rings. The van der Waals surface area contributed by atoms with Crippen molar-refractivity contribution in [3.63, 3.8) is 0 Å². The highest BCUT2D eigenvalue weighted by Gasteiger charge is 2.28. The van der Waals surface area contributed by atoms with E-state index in [2.05, 4.69) is 41.4 Å². The molecule has 34 heavy (non-hydrogen) atoms. The van der Waals surface area contributed by atoms with Crippen molar-refractivity contribution in [3.8, 4) is 5.69 Å². The molecule has 4 aromatic rings. The van der Waals surface area contributed by atoms with Crippen molar-refractivity contribution in [3.05, 3.63) is 70.1 Å². The zero-order valence-electron chi connectivity index (χ0n) is 19.0. The maximum atomic E-state index is 13.3. The molecule has 176 valence electrons. The van der Waals surface area contributed by atoms with Crippen molar-refractivity contribution in [1.82, 2.24) is 20.1 Å². The van der Waals surface area contributed by atoms with E-state index in [1.165, 1.54) is 17.7 Å². The molecule has 0 spiro atoms. The number of hydrogen-bond acceptors (Lipinski definition) is 5. The molecule has 0 saturated carbocycles. The van der Waals surface area contributed by atoms with Crippen molar-refractivity contribution in [1.29, 1.82) is 0 Å². The summed E-state index contributed by atoms with van der Waals surface area (Å²) in [5.41, 5.74) is 4.67. The molecule has 0 radical (unpaired) electrons. The van der Waals surface area contributed by atoms with Crippen molar-refractivity contribution < 1.29 is 9.18 Å². The van der Waals surface area contributed by atoms with Gasteiger partial charge in [0.2, 0.25) is 5.91 Å². The third kappa shape index (κ3) is 4.52. The fraction of sp³-hybridized carbons (Fsp3) is 0.320. The summed E-state index contributed by atoms with van der Waals surface area (Å²) in [4.78, 5) is 20.0. The molecule has 1 atom stereocenters. The van der Waals surface area contributed by atoms with Crippen LogP contribution < -0.4 is 10.2 Å². The van der Waals surface area contributed by atoms with Crippen molar-refractivity contribution in [2.75, 3.05) is 18.0 Å². The van der Waals surface area contributed by atoms with Crippen molar-refractivity contribution in [2.45, 2.75) is 33.2 Å². The number of aryl methyl sites for hydroxylation is 2. The van der Waals surface area contributed by atoms with Crippen LogP contribution in [0.25, 0.3) is 16.0 Å². The Morgan fingerprint density at radius 1 is 1.24 bits per heavy atom. The number of amides is 1. The fourth-order valence-corrected chi connectivity index (χ4v) is 5.54. The summed E-state index contributed by atoms with van der Waals surface area (Å²) in [7, 11) is 0. The third-order valence-electron chi connectivity index (χ3n) is 6.19. The largest absolute Gasteiger partial charge is 0.352 e. The molecular weight excluding hydrogens is 473 g/mol. The average Bonchev–Trinajstić information content (AvgIpc) is 3.40. The molecule has 1 saturated heterocycles. The van der Waals surface area contributed by atoms with Gasteiger partial charge < -0.3 is 10.2 Å². The number of carbonyl (C=O) groups excluding carboxylic acids is 1. The first-order valence-electron chi connectivity index (χ1n) is 11.3. The second-order valence-electron chi connectivity index (χ2n) is 8.72. The Balaban J connectivity index is 1.31. The number of piperidine rings is 1. The lowest BCUT2D eigenvalue weighted by molar-refractivity contribution is -0.125. The zero-order chi connectivity index (χ0) is 23.8. The molecule has 0 aliphatic carbocycles. The van der Waals surface area contributed by atoms with E-state index < -0.39 is 0 Å². The average molecular weight is 498 g/mol. The van der Waals surface area contributed by atoms with Gasteiger partial charge in [-0.25, -0.2) is 9.07 Å². The Hall–Kier alpha value is -2.97. The van der Waals surface area contributed by atoms with E-state index in [9.17, 15) is 9.18 Å². The molecule has 6 nitrogen and oxygen atoms in total. The van der Waals surface area contributed by atoms with Gasteiger partial charge in [-0.2, -0.15) is 10.1 Å². The number of benzene rings is 2. The number of aromatic nitrogens is 3. The SMILES string of the molecule is Cc1ccc(-n2nc(C)c3sc(N4CCC[C@@H](C(=O)NCc5ccc(F)cc5Cl)C4)nc32)cc1. The van der Waals surface area contributed by atoms with Crippen LogP contribution in [0.3, 0.4) is 0 Å². The summed E-state index contributed by atoms with van der Waals surface area (Å²) in [5.74, 6) is -0.553. The predicted molar refractivity (Wildman–Crippen MR) is 134 cm³/mol. The van der Waals surface area contributed by atoms with Gasteiger partial charge in [0.25, 0.3) is 0 Å². The van der Waals surface area contributed by atoms with Gasteiger partial charge in [-0.05, 0) is 56.5 Å². The molecular formula is C25H25ClFN5OS. The van der Waals surface area contributed by atoms with Crippen LogP contribution in [0.1, 0.15) is 29.7 Å². The van der Waals surface area contributed by atoms with Gasteiger partial charge in [0, 0.05) is 24.7 Å². The molecule has 1 aliphatic heterocycles. The Bertz CT molecular complexity index is 1350. The van der Waals surface area contributed by atoms with Gasteiger partial charge in [0.1, 0.15) is 5.82 Å². The van der Waals surface area contributed by atoms with Gasteiger partial charge in [-0.15, -0.1) is 0 Å². The minimum absolute atomic E-state index is 0.0202. The van der Waals surface area contributed by atoms with Crippen LogP contribution in [0.4, 0.5) is 9.52 Å². The molecule has 2 aromatic heterocycles. The lowest BCUT2D eigenvalue weighted by atomic mass is 9.97. The Labute approximate surface area is 206 Å². The van der Waals surface area contributed by atoms with E-state index in [1.54, 1.807) is 17.4 Å². The Kier molecular flexibility index (Phi) is 6.27. The van der Waals surface area contributed by atoms with Gasteiger partial charge in [-0.1, -0.05) is 46.7 Å². The molecule has 2 aromatic carbocycles. The lowest BCUT2D eigenvalue weighted by Crippen LogP contribution is -2.43. The second-order valence-corrected chi connectivity index (χ2v) is 10.1. The monoisotopic (exact) mass is 497 g/mol. The summed E-state index contributed by atoms with van der Waals surface area (Å²) in [6.07, 6.45) is 1.73. The fourth-order valence-electron chi connectivity index (χ4n) is 4.28. The van der Waals surface area contributed by atoms with E-state index in [0.717, 1.165) is 46.2 Å². The topological polar surface area (TPSA) is 63.1 Å². The number of nitrogens with zero attached hydrogens (tertiary/aromatic N) is 4. The van der Waals surface area contributed by atoms with Crippen LogP contribution in [-0.2, 0) is 11.3 Å². The first kappa shape index (κ1) is 22.8. The number of halogens is 2. The maximum absolute atomic E-state index is 13.3. The molecule has 3 heterocycles. The van der Waals surface area contributed by atoms with Gasteiger partial charge >= 0.3 is 0 Å². The summed E-state index contributed by atoms with van der Waals surface area (Å²) >= 11 is 7.72. The molecule has 5 rings (SSSR count). The number of carbonyl (C=O) groups is 1. The summed E-state index contributed by atoms with van der Waals surface area (Å²) < 4.78 is 16.2. The van der Waals surface area contributed by atoms with Crippen LogP contribution in [0.2, 0.25) is 5.02 Å². The van der Waals surface area contributed by atoms with Crippen LogP contribution in [-0.4, -0.2) is 33.8 Å². The van der Waals surface area contributed by atoms with Crippen molar-refractivity contribution in [2.24, 2.45) is 5.92 Å². The van der Waals surface area contributed by atoms with Crippen LogP contribution in [0.5, 0.6) is 0 Å². The highest BCUT2D eigenvalue weighted by molar-refractivity contribution is 7.22. The predicted octanol–water partition coefficient (Wildman–Crippen LogP) is 5.42. The van der Waals surface area contributed by atoms with E-state index in [1.807, 2.05) is 11.6 Å². The first-order valence-corrected chi connectivity index (χ1v) is 12.5. The summed E-state index contributed by atoms with van der Waals surface area (Å²) in [6.45, 7) is 5.81. The van der Waals surface area contributed by atoms with Crippen LogP contribution in [0, 0.1) is 25.6 Å². The summed E-state index contributed by atoms with van der Waals surface area (Å²) in [6, 6.07) is 12.5. The van der Waals surface area contributed by atoms with E-state index in [-0.39, 0.29) is 24.2 Å². The van der Waals surface area contributed by atoms with E-state index >= 15 is 0 Å². The third-order valence-corrected chi connectivity index (χ3v) is 7.75. The minimum atomic E-state index is -0.389. The minimum Gasteiger partial charge on any atom is -0.352 e. The molecule has 0 unspecified atom stereocenters. The molecule has 1 amide bonds. The van der Waals surface area contributed by atoms with Crippen LogP contribution >= 0.6 is 22.9 Å². The second kappa shape index (κ2) is 9.35. The van der Waals surface area contributed by atoms with Gasteiger partial charge in [0.05, 0.1) is 22.0 Å². The molecule has 1 N–H and O–H groups in total. The Morgan fingerprint density at radius 2 is 2.03 bits per heavy atom.